The van der Waals surface area contributed by atoms with Crippen molar-refractivity contribution in [1.29, 1.82) is 0 Å². The van der Waals surface area contributed by atoms with Crippen LogP contribution in [-0.2, 0) is 0 Å². The molecule has 20 heavy (non-hydrogen) atoms. The first-order chi connectivity index (χ1) is 9.76. The number of hydrogen-bond donors (Lipinski definition) is 3. The van der Waals surface area contributed by atoms with Crippen LogP contribution in [0.5, 0.6) is 0 Å². The summed E-state index contributed by atoms with van der Waals surface area (Å²) in [7, 11) is 0. The van der Waals surface area contributed by atoms with E-state index in [0.29, 0.717) is 11.6 Å². The van der Waals surface area contributed by atoms with Gasteiger partial charge in [0.1, 0.15) is 0 Å². The van der Waals surface area contributed by atoms with E-state index in [1.165, 1.54) is 0 Å². The molecule has 0 aliphatic heterocycles. The highest BCUT2D eigenvalue weighted by Crippen LogP contribution is 2.26. The predicted octanol–water partition coefficient (Wildman–Crippen LogP) is 2.82. The molecule has 100 valence electrons. The number of halogens is 1. The van der Waals surface area contributed by atoms with Gasteiger partial charge in [-0.3, -0.25) is 9.97 Å². The van der Waals surface area contributed by atoms with E-state index in [1.54, 1.807) is 18.6 Å². The Balaban J connectivity index is 2.02. The summed E-state index contributed by atoms with van der Waals surface area (Å²) in [6, 6.07) is 7.91. The van der Waals surface area contributed by atoms with E-state index in [2.05, 4.69) is 41.6 Å². The molecule has 2 heterocycles. The highest BCUT2D eigenvalue weighted by Gasteiger charge is 2.05. The Labute approximate surface area is 123 Å². The zero-order chi connectivity index (χ0) is 13.9. The van der Waals surface area contributed by atoms with Crippen LogP contribution in [0.15, 0.2) is 47.3 Å². The van der Waals surface area contributed by atoms with Gasteiger partial charge in [-0.2, -0.15) is 0 Å². The van der Waals surface area contributed by atoms with E-state index in [-0.39, 0.29) is 0 Å². The van der Waals surface area contributed by atoms with Gasteiger partial charge in [-0.15, -0.1) is 0 Å². The average molecular weight is 331 g/mol. The van der Waals surface area contributed by atoms with E-state index in [4.69, 9.17) is 5.84 Å². The van der Waals surface area contributed by atoms with Gasteiger partial charge in [-0.05, 0) is 28.1 Å². The van der Waals surface area contributed by atoms with Gasteiger partial charge in [0.25, 0.3) is 0 Å². The molecule has 0 aliphatic rings. The first-order valence-electron chi connectivity index (χ1n) is 5.86. The molecule has 0 saturated carbocycles. The fraction of sp³-hybridized carbons (Fsp3) is 0. The number of aromatic nitrogens is 3. The number of nitrogen functional groups attached to an aromatic ring is 1. The van der Waals surface area contributed by atoms with Gasteiger partial charge in [0.15, 0.2) is 11.6 Å². The zero-order valence-electron chi connectivity index (χ0n) is 10.3. The van der Waals surface area contributed by atoms with Crippen molar-refractivity contribution in [1.82, 2.24) is 15.0 Å². The highest BCUT2D eigenvalue weighted by atomic mass is 79.9. The first kappa shape index (κ1) is 12.8. The minimum Gasteiger partial charge on any atom is -0.337 e. The van der Waals surface area contributed by atoms with Crippen LogP contribution in [0, 0.1) is 0 Å². The molecule has 0 saturated heterocycles. The molecule has 0 unspecified atom stereocenters. The Kier molecular flexibility index (Phi) is 3.44. The van der Waals surface area contributed by atoms with Crippen LogP contribution in [0.25, 0.3) is 10.9 Å². The first-order valence-corrected chi connectivity index (χ1v) is 6.65. The SMILES string of the molecule is NNc1cncc(Nc2cccc3cc(Br)cnc23)n1. The van der Waals surface area contributed by atoms with Crippen molar-refractivity contribution >= 4 is 44.2 Å². The monoisotopic (exact) mass is 330 g/mol. The van der Waals surface area contributed by atoms with Gasteiger partial charge in [0, 0.05) is 16.1 Å². The Hall–Kier alpha value is -2.25. The highest BCUT2D eigenvalue weighted by molar-refractivity contribution is 9.10. The molecule has 0 fully saturated rings. The fourth-order valence-corrected chi connectivity index (χ4v) is 2.22. The molecule has 2 aromatic heterocycles. The summed E-state index contributed by atoms with van der Waals surface area (Å²) in [5.41, 5.74) is 4.19. The van der Waals surface area contributed by atoms with Crippen LogP contribution in [0.2, 0.25) is 0 Å². The normalized spacial score (nSPS) is 10.5. The van der Waals surface area contributed by atoms with Gasteiger partial charge in [0.2, 0.25) is 0 Å². The van der Waals surface area contributed by atoms with Crippen LogP contribution >= 0.6 is 15.9 Å². The van der Waals surface area contributed by atoms with Crippen molar-refractivity contribution in [2.45, 2.75) is 0 Å². The molecule has 7 heteroatoms. The number of nitrogens with one attached hydrogen (secondary N) is 2. The molecule has 0 aliphatic carbocycles. The number of hydrazine groups is 1. The summed E-state index contributed by atoms with van der Waals surface area (Å²) < 4.78 is 0.941. The molecule has 0 spiro atoms. The Morgan fingerprint density at radius 2 is 1.95 bits per heavy atom. The van der Waals surface area contributed by atoms with Gasteiger partial charge >= 0.3 is 0 Å². The van der Waals surface area contributed by atoms with Gasteiger partial charge < -0.3 is 10.7 Å². The second-order valence-electron chi connectivity index (χ2n) is 4.09. The van der Waals surface area contributed by atoms with E-state index in [0.717, 1.165) is 21.1 Å². The van der Waals surface area contributed by atoms with Crippen molar-refractivity contribution in [3.63, 3.8) is 0 Å². The number of fused-ring (bicyclic) bond motifs is 1. The molecule has 0 bridgehead atoms. The van der Waals surface area contributed by atoms with E-state index in [9.17, 15) is 0 Å². The van der Waals surface area contributed by atoms with Crippen molar-refractivity contribution in [3.05, 3.63) is 47.3 Å². The standard InChI is InChI=1S/C13H11BrN6/c14-9-4-8-2-1-3-10(13(8)17-5-9)18-11-6-16-7-12(19-11)20-15/h1-7H,15H2,(H2,18,19,20). The third-order valence-corrected chi connectivity index (χ3v) is 3.16. The molecule has 0 atom stereocenters. The lowest BCUT2D eigenvalue weighted by Crippen LogP contribution is -2.09. The second kappa shape index (κ2) is 5.40. The third-order valence-electron chi connectivity index (χ3n) is 2.72. The van der Waals surface area contributed by atoms with Gasteiger partial charge in [-0.1, -0.05) is 12.1 Å². The van der Waals surface area contributed by atoms with Crippen LogP contribution in [0.3, 0.4) is 0 Å². The van der Waals surface area contributed by atoms with Crippen LogP contribution in [0.1, 0.15) is 0 Å². The Bertz CT molecular complexity index is 761. The molecule has 1 aromatic carbocycles. The molecule has 0 amide bonds. The van der Waals surface area contributed by atoms with Crippen molar-refractivity contribution in [2.75, 3.05) is 10.7 Å². The molecule has 0 radical (unpaired) electrons. The summed E-state index contributed by atoms with van der Waals surface area (Å²) in [6.07, 6.45) is 4.93. The number of nitrogens with two attached hydrogens (primary N) is 1. The average Bonchev–Trinajstić information content (AvgIpc) is 2.47. The Morgan fingerprint density at radius 3 is 2.80 bits per heavy atom. The summed E-state index contributed by atoms with van der Waals surface area (Å²) >= 11 is 3.42. The summed E-state index contributed by atoms with van der Waals surface area (Å²) in [5, 5.41) is 4.23. The van der Waals surface area contributed by atoms with Gasteiger partial charge in [-0.25, -0.2) is 10.8 Å². The van der Waals surface area contributed by atoms with E-state index >= 15 is 0 Å². The van der Waals surface area contributed by atoms with Crippen molar-refractivity contribution < 1.29 is 0 Å². The summed E-state index contributed by atoms with van der Waals surface area (Å²) in [5.74, 6) is 6.41. The number of para-hydroxylation sites is 1. The molecule has 4 N–H and O–H groups in total. The maximum Gasteiger partial charge on any atom is 0.160 e. The maximum absolute atomic E-state index is 5.32. The number of hydrogen-bond acceptors (Lipinski definition) is 6. The molecule has 6 nitrogen and oxygen atoms in total. The predicted molar refractivity (Wildman–Crippen MR) is 82.6 cm³/mol. The minimum atomic E-state index is 0.492. The lowest BCUT2D eigenvalue weighted by Gasteiger charge is -2.09. The molecular formula is C13H11BrN6. The molecule has 3 aromatic rings. The minimum absolute atomic E-state index is 0.492. The number of nitrogens with zero attached hydrogens (tertiary/aromatic N) is 3. The van der Waals surface area contributed by atoms with E-state index in [1.807, 2.05) is 24.3 Å². The van der Waals surface area contributed by atoms with Crippen molar-refractivity contribution in [3.8, 4) is 0 Å². The van der Waals surface area contributed by atoms with Gasteiger partial charge in [0.05, 0.1) is 23.6 Å². The molecule has 3 rings (SSSR count). The van der Waals surface area contributed by atoms with Crippen LogP contribution in [-0.4, -0.2) is 15.0 Å². The lowest BCUT2D eigenvalue weighted by atomic mass is 10.2. The maximum atomic E-state index is 5.32. The Morgan fingerprint density at radius 1 is 1.10 bits per heavy atom. The number of anilines is 3. The number of rotatable bonds is 3. The smallest absolute Gasteiger partial charge is 0.160 e. The quantitative estimate of drug-likeness (QED) is 0.505. The topological polar surface area (TPSA) is 88.8 Å². The molecular weight excluding hydrogens is 320 g/mol. The largest absolute Gasteiger partial charge is 0.337 e. The van der Waals surface area contributed by atoms with Crippen LogP contribution < -0.4 is 16.6 Å². The zero-order valence-corrected chi connectivity index (χ0v) is 11.9. The number of pyridine rings is 1. The van der Waals surface area contributed by atoms with Crippen LogP contribution in [0.4, 0.5) is 17.3 Å². The number of benzene rings is 1. The lowest BCUT2D eigenvalue weighted by molar-refractivity contribution is 1.16. The third kappa shape index (κ3) is 2.54. The van der Waals surface area contributed by atoms with E-state index < -0.39 is 0 Å². The summed E-state index contributed by atoms with van der Waals surface area (Å²) in [6.45, 7) is 0. The second-order valence-corrected chi connectivity index (χ2v) is 5.01. The van der Waals surface area contributed by atoms with Crippen molar-refractivity contribution in [2.24, 2.45) is 5.84 Å². The summed E-state index contributed by atoms with van der Waals surface area (Å²) in [4.78, 5) is 12.7. The fourth-order valence-electron chi connectivity index (χ4n) is 1.87.